The van der Waals surface area contributed by atoms with Gasteiger partial charge in [0.1, 0.15) is 28.0 Å². The van der Waals surface area contributed by atoms with Crippen LogP contribution in [0.4, 0.5) is 16.0 Å². The fraction of sp³-hybridized carbons (Fsp3) is 0.160. The van der Waals surface area contributed by atoms with Crippen LogP contribution < -0.4 is 10.6 Å². The van der Waals surface area contributed by atoms with E-state index in [4.69, 9.17) is 0 Å². The first-order chi connectivity index (χ1) is 17.4. The van der Waals surface area contributed by atoms with E-state index in [1.54, 1.807) is 35.8 Å². The van der Waals surface area contributed by atoms with Gasteiger partial charge >= 0.3 is 0 Å². The summed E-state index contributed by atoms with van der Waals surface area (Å²) in [6.07, 6.45) is 2.92. The maximum absolute atomic E-state index is 13.5. The number of benzene rings is 1. The molecule has 0 bridgehead atoms. The van der Waals surface area contributed by atoms with E-state index in [2.05, 4.69) is 44.2 Å². The van der Waals surface area contributed by atoms with Gasteiger partial charge < -0.3 is 15.5 Å². The second-order valence-electron chi connectivity index (χ2n) is 8.38. The first-order valence-corrected chi connectivity index (χ1v) is 12.0. The number of carbonyl (C=O) groups is 2. The number of thiazole rings is 1. The number of hydrogen-bond donors (Lipinski definition) is 2. The molecule has 0 atom stereocenters. The van der Waals surface area contributed by atoms with Crippen molar-refractivity contribution in [1.82, 2.24) is 24.6 Å². The standard InChI is InChI=1S/C25H22FN7O2S/c1-3-23(34)29-22-10-20(33(31-22)18-7-5-17(26)6-8-18)25-28-19(14-36-25)24(35)30-21-9-4-15(11-27-21)16-12-32(2)13-16/h3-11,14,16H,1,12-13H2,2H3,(H,27,30,35)(H,29,31,34). The van der Waals surface area contributed by atoms with Crippen LogP contribution in [0.15, 0.2) is 66.7 Å². The number of anilines is 2. The van der Waals surface area contributed by atoms with Crippen LogP contribution in [-0.4, -0.2) is 56.6 Å². The van der Waals surface area contributed by atoms with Crippen LogP contribution >= 0.6 is 11.3 Å². The molecule has 36 heavy (non-hydrogen) atoms. The first kappa shape index (κ1) is 23.5. The van der Waals surface area contributed by atoms with Crippen molar-refractivity contribution in [2.75, 3.05) is 30.8 Å². The number of nitrogens with zero attached hydrogens (tertiary/aromatic N) is 5. The average molecular weight is 504 g/mol. The van der Waals surface area contributed by atoms with Crippen LogP contribution in [0.3, 0.4) is 0 Å². The lowest BCUT2D eigenvalue weighted by atomic mass is 9.93. The van der Waals surface area contributed by atoms with Crippen LogP contribution in [0.25, 0.3) is 16.4 Å². The molecule has 0 unspecified atom stereocenters. The summed E-state index contributed by atoms with van der Waals surface area (Å²) < 4.78 is 15.0. The minimum Gasteiger partial charge on any atom is -0.306 e. The van der Waals surface area contributed by atoms with Gasteiger partial charge in [0, 0.05) is 36.7 Å². The van der Waals surface area contributed by atoms with Gasteiger partial charge in [-0.25, -0.2) is 19.0 Å². The molecule has 4 aromatic rings. The van der Waals surface area contributed by atoms with Crippen molar-refractivity contribution in [1.29, 1.82) is 0 Å². The lowest BCUT2D eigenvalue weighted by Gasteiger charge is -2.36. The van der Waals surface area contributed by atoms with E-state index >= 15 is 0 Å². The van der Waals surface area contributed by atoms with Gasteiger partial charge in [0.2, 0.25) is 5.91 Å². The van der Waals surface area contributed by atoms with Gasteiger partial charge in [-0.15, -0.1) is 16.4 Å². The van der Waals surface area contributed by atoms with E-state index < -0.39 is 11.8 Å². The molecule has 1 saturated heterocycles. The third-order valence-electron chi connectivity index (χ3n) is 5.74. The largest absolute Gasteiger partial charge is 0.306 e. The smallest absolute Gasteiger partial charge is 0.276 e. The molecule has 1 aliphatic heterocycles. The molecule has 1 aromatic carbocycles. The summed E-state index contributed by atoms with van der Waals surface area (Å²) in [5, 5.41) is 11.9. The Balaban J connectivity index is 1.37. The number of nitrogens with one attached hydrogen (secondary N) is 2. The molecule has 2 N–H and O–H groups in total. The predicted molar refractivity (Wildman–Crippen MR) is 136 cm³/mol. The summed E-state index contributed by atoms with van der Waals surface area (Å²) in [5.41, 5.74) is 2.45. The zero-order chi connectivity index (χ0) is 25.2. The van der Waals surface area contributed by atoms with Gasteiger partial charge in [-0.05, 0) is 49.0 Å². The van der Waals surface area contributed by atoms with Crippen molar-refractivity contribution in [2.24, 2.45) is 0 Å². The van der Waals surface area contributed by atoms with E-state index in [0.717, 1.165) is 24.7 Å². The Morgan fingerprint density at radius 1 is 1.14 bits per heavy atom. The number of carbonyl (C=O) groups excluding carboxylic acids is 2. The molecule has 1 aliphatic rings. The number of likely N-dealkylation sites (tertiary alicyclic amines) is 1. The van der Waals surface area contributed by atoms with Gasteiger partial charge in [0.15, 0.2) is 5.82 Å². The number of amides is 2. The number of aromatic nitrogens is 4. The summed E-state index contributed by atoms with van der Waals surface area (Å²) >= 11 is 1.24. The number of rotatable bonds is 7. The molecule has 0 saturated carbocycles. The summed E-state index contributed by atoms with van der Waals surface area (Å²) in [6, 6.07) is 11.1. The minimum atomic E-state index is -0.424. The quantitative estimate of drug-likeness (QED) is 0.370. The van der Waals surface area contributed by atoms with E-state index in [-0.39, 0.29) is 17.3 Å². The third-order valence-corrected chi connectivity index (χ3v) is 6.60. The normalized spacial score (nSPS) is 13.7. The van der Waals surface area contributed by atoms with Gasteiger partial charge in [-0.1, -0.05) is 12.6 Å². The average Bonchev–Trinajstić information content (AvgIpc) is 3.51. The molecular formula is C25H22FN7O2S. The van der Waals surface area contributed by atoms with Gasteiger partial charge in [0.25, 0.3) is 5.91 Å². The van der Waals surface area contributed by atoms with Crippen molar-refractivity contribution >= 4 is 34.8 Å². The third kappa shape index (κ3) is 4.92. The topological polar surface area (TPSA) is 105 Å². The first-order valence-electron chi connectivity index (χ1n) is 11.1. The second kappa shape index (κ2) is 9.80. The minimum absolute atomic E-state index is 0.213. The highest BCUT2D eigenvalue weighted by Crippen LogP contribution is 2.30. The van der Waals surface area contributed by atoms with Crippen molar-refractivity contribution in [3.8, 4) is 16.4 Å². The molecule has 0 spiro atoms. The molecule has 3 aromatic heterocycles. The monoisotopic (exact) mass is 503 g/mol. The van der Waals surface area contributed by atoms with E-state index in [1.165, 1.54) is 28.2 Å². The molecule has 182 valence electrons. The Labute approximate surface area is 210 Å². The second-order valence-corrected chi connectivity index (χ2v) is 9.24. The van der Waals surface area contributed by atoms with Crippen LogP contribution in [0.1, 0.15) is 22.0 Å². The SMILES string of the molecule is C=CC(=O)Nc1cc(-c2nc(C(=O)Nc3ccc(C4CN(C)C4)cn3)cs2)n(-c2ccc(F)cc2)n1. The highest BCUT2D eigenvalue weighted by atomic mass is 32.1. The van der Waals surface area contributed by atoms with Gasteiger partial charge in [0.05, 0.1) is 5.69 Å². The molecule has 5 rings (SSSR count). The van der Waals surface area contributed by atoms with Crippen molar-refractivity contribution in [2.45, 2.75) is 5.92 Å². The molecule has 2 amide bonds. The zero-order valence-electron chi connectivity index (χ0n) is 19.3. The number of likely N-dealkylation sites (N-methyl/N-ethyl adjacent to an activating group) is 1. The van der Waals surface area contributed by atoms with Gasteiger partial charge in [-0.2, -0.15) is 0 Å². The Morgan fingerprint density at radius 2 is 1.92 bits per heavy atom. The van der Waals surface area contributed by atoms with Crippen LogP contribution in [0.2, 0.25) is 0 Å². The lowest BCUT2D eigenvalue weighted by Crippen LogP contribution is -2.41. The highest BCUT2D eigenvalue weighted by Gasteiger charge is 2.25. The predicted octanol–water partition coefficient (Wildman–Crippen LogP) is 3.94. The summed E-state index contributed by atoms with van der Waals surface area (Å²) in [6.45, 7) is 5.45. The van der Waals surface area contributed by atoms with E-state index in [0.29, 0.717) is 28.1 Å². The number of pyridine rings is 1. The fourth-order valence-electron chi connectivity index (χ4n) is 3.86. The maximum Gasteiger partial charge on any atom is 0.276 e. The van der Waals surface area contributed by atoms with Crippen molar-refractivity contribution in [3.63, 3.8) is 0 Å². The van der Waals surface area contributed by atoms with E-state index in [1.807, 2.05) is 6.07 Å². The maximum atomic E-state index is 13.5. The lowest BCUT2D eigenvalue weighted by molar-refractivity contribution is -0.111. The molecule has 0 radical (unpaired) electrons. The molecule has 9 nitrogen and oxygen atoms in total. The Bertz CT molecular complexity index is 1420. The fourth-order valence-corrected chi connectivity index (χ4v) is 4.66. The van der Waals surface area contributed by atoms with Crippen LogP contribution in [-0.2, 0) is 4.79 Å². The molecule has 1 fully saturated rings. The Kier molecular flexibility index (Phi) is 6.40. The number of halogens is 1. The summed E-state index contributed by atoms with van der Waals surface area (Å²) in [5.74, 6) is -0.0244. The summed E-state index contributed by atoms with van der Waals surface area (Å²) in [4.78, 5) is 35.7. The molecule has 0 aliphatic carbocycles. The van der Waals surface area contributed by atoms with Crippen LogP contribution in [0, 0.1) is 5.82 Å². The molecular weight excluding hydrogens is 481 g/mol. The summed E-state index contributed by atoms with van der Waals surface area (Å²) in [7, 11) is 2.07. The van der Waals surface area contributed by atoms with E-state index in [9.17, 15) is 14.0 Å². The van der Waals surface area contributed by atoms with Crippen molar-refractivity contribution in [3.05, 3.63) is 83.8 Å². The van der Waals surface area contributed by atoms with Crippen LogP contribution in [0.5, 0.6) is 0 Å². The van der Waals surface area contributed by atoms with Gasteiger partial charge in [-0.3, -0.25) is 9.59 Å². The van der Waals surface area contributed by atoms with Crippen molar-refractivity contribution < 1.29 is 14.0 Å². The Hall–Kier alpha value is -4.22. The molecule has 4 heterocycles. The zero-order valence-corrected chi connectivity index (χ0v) is 20.1. The Morgan fingerprint density at radius 3 is 2.58 bits per heavy atom. The molecule has 11 heteroatoms. The highest BCUT2D eigenvalue weighted by molar-refractivity contribution is 7.13. The number of hydrogen-bond acceptors (Lipinski definition) is 7.